The van der Waals surface area contributed by atoms with E-state index in [1.807, 2.05) is 24.3 Å². The van der Waals surface area contributed by atoms with Crippen LogP contribution in [0, 0.1) is 5.92 Å². The molecule has 2 aliphatic rings. The zero-order valence-corrected chi connectivity index (χ0v) is 18.4. The van der Waals surface area contributed by atoms with Crippen LogP contribution in [0.3, 0.4) is 0 Å². The number of piperidine rings is 1. The van der Waals surface area contributed by atoms with Gasteiger partial charge in [-0.1, -0.05) is 48.5 Å². The van der Waals surface area contributed by atoms with Crippen molar-refractivity contribution < 1.29 is 9.59 Å². The summed E-state index contributed by atoms with van der Waals surface area (Å²) in [5.41, 5.74) is 3.38. The van der Waals surface area contributed by atoms with Gasteiger partial charge in [-0.25, -0.2) is 0 Å². The Morgan fingerprint density at radius 3 is 2.45 bits per heavy atom. The number of nitrogens with one attached hydrogen (secondary N) is 1. The molecule has 5 nitrogen and oxygen atoms in total. The summed E-state index contributed by atoms with van der Waals surface area (Å²) in [6, 6.07) is 18.1. The van der Waals surface area contributed by atoms with Crippen molar-refractivity contribution in [3.8, 4) is 0 Å². The fourth-order valence-corrected chi connectivity index (χ4v) is 4.98. The van der Waals surface area contributed by atoms with Crippen LogP contribution in [0.15, 0.2) is 54.6 Å². The number of nitrogens with zero attached hydrogens (tertiary/aromatic N) is 2. The van der Waals surface area contributed by atoms with Crippen LogP contribution in [0.2, 0.25) is 0 Å². The number of amides is 2. The third-order valence-electron chi connectivity index (χ3n) is 6.64. The van der Waals surface area contributed by atoms with E-state index in [9.17, 15) is 9.59 Å². The van der Waals surface area contributed by atoms with Gasteiger partial charge in [0.1, 0.15) is 6.04 Å². The number of anilines is 1. The van der Waals surface area contributed by atoms with Crippen LogP contribution in [-0.2, 0) is 22.4 Å². The molecule has 0 bridgehead atoms. The van der Waals surface area contributed by atoms with Crippen molar-refractivity contribution in [2.75, 3.05) is 31.1 Å². The molecule has 0 radical (unpaired) electrons. The van der Waals surface area contributed by atoms with Gasteiger partial charge in [-0.2, -0.15) is 0 Å². The lowest BCUT2D eigenvalue weighted by atomic mass is 9.90. The summed E-state index contributed by atoms with van der Waals surface area (Å²) in [7, 11) is 0. The minimum atomic E-state index is -0.427. The minimum Gasteiger partial charge on any atom is -0.354 e. The molecule has 1 atom stereocenters. The first-order valence-electron chi connectivity index (χ1n) is 11.5. The number of hydrogen-bond acceptors (Lipinski definition) is 3. The Morgan fingerprint density at radius 2 is 1.71 bits per heavy atom. The van der Waals surface area contributed by atoms with E-state index in [-0.39, 0.29) is 11.8 Å². The van der Waals surface area contributed by atoms with Crippen LogP contribution < -0.4 is 10.2 Å². The molecule has 2 aliphatic heterocycles. The van der Waals surface area contributed by atoms with E-state index in [0.29, 0.717) is 13.0 Å². The molecule has 31 heavy (non-hydrogen) atoms. The highest BCUT2D eigenvalue weighted by Gasteiger charge is 2.36. The predicted molar refractivity (Wildman–Crippen MR) is 124 cm³/mol. The second kappa shape index (κ2) is 10.1. The van der Waals surface area contributed by atoms with Crippen LogP contribution in [0.5, 0.6) is 0 Å². The van der Waals surface area contributed by atoms with Crippen molar-refractivity contribution >= 4 is 17.5 Å². The van der Waals surface area contributed by atoms with E-state index in [0.717, 1.165) is 43.2 Å². The SMILES string of the molecule is CC(=O)N1c2ccccc2C[C@@H]1C(=O)NCCCN1CCC(Cc2ccccc2)CC1. The molecule has 4 rings (SSSR count). The number of rotatable bonds is 7. The Hall–Kier alpha value is -2.66. The summed E-state index contributed by atoms with van der Waals surface area (Å²) in [6.45, 7) is 5.48. The minimum absolute atomic E-state index is 0.0482. The maximum Gasteiger partial charge on any atom is 0.243 e. The summed E-state index contributed by atoms with van der Waals surface area (Å²) >= 11 is 0. The molecule has 5 heteroatoms. The van der Waals surface area contributed by atoms with Gasteiger partial charge in [0, 0.05) is 25.6 Å². The van der Waals surface area contributed by atoms with Crippen LogP contribution in [0.25, 0.3) is 0 Å². The average Bonchev–Trinajstić information content (AvgIpc) is 3.18. The third kappa shape index (κ3) is 5.34. The lowest BCUT2D eigenvalue weighted by molar-refractivity contribution is -0.125. The number of likely N-dealkylation sites (tertiary alicyclic amines) is 1. The second-order valence-electron chi connectivity index (χ2n) is 8.86. The molecule has 1 fully saturated rings. The molecule has 0 unspecified atom stereocenters. The van der Waals surface area contributed by atoms with Crippen LogP contribution in [-0.4, -0.2) is 48.9 Å². The van der Waals surface area contributed by atoms with E-state index >= 15 is 0 Å². The molecule has 164 valence electrons. The van der Waals surface area contributed by atoms with Gasteiger partial charge in [0.25, 0.3) is 0 Å². The van der Waals surface area contributed by atoms with Gasteiger partial charge in [0.2, 0.25) is 11.8 Å². The largest absolute Gasteiger partial charge is 0.354 e. The summed E-state index contributed by atoms with van der Waals surface area (Å²) in [4.78, 5) is 29.1. The Labute approximate surface area is 185 Å². The third-order valence-corrected chi connectivity index (χ3v) is 6.64. The Bertz CT molecular complexity index is 891. The number of benzene rings is 2. The van der Waals surface area contributed by atoms with Crippen molar-refractivity contribution in [2.24, 2.45) is 5.92 Å². The second-order valence-corrected chi connectivity index (χ2v) is 8.86. The predicted octanol–water partition coefficient (Wildman–Crippen LogP) is 3.43. The number of carbonyl (C=O) groups is 2. The molecule has 1 saturated heterocycles. The van der Waals surface area contributed by atoms with E-state index in [4.69, 9.17) is 0 Å². The number of fused-ring (bicyclic) bond motifs is 1. The van der Waals surface area contributed by atoms with Gasteiger partial charge >= 0.3 is 0 Å². The quantitative estimate of drug-likeness (QED) is 0.700. The van der Waals surface area contributed by atoms with E-state index in [2.05, 4.69) is 40.5 Å². The maximum atomic E-state index is 12.8. The molecule has 1 N–H and O–H groups in total. The first-order chi connectivity index (χ1) is 15.1. The Kier molecular flexibility index (Phi) is 7.03. The first kappa shape index (κ1) is 21.6. The van der Waals surface area contributed by atoms with Crippen molar-refractivity contribution in [1.29, 1.82) is 0 Å². The molecule has 0 saturated carbocycles. The van der Waals surface area contributed by atoms with Crippen LogP contribution in [0.1, 0.15) is 37.3 Å². The van der Waals surface area contributed by atoms with E-state index < -0.39 is 6.04 Å². The summed E-state index contributed by atoms with van der Waals surface area (Å²) in [5, 5.41) is 3.07. The highest BCUT2D eigenvalue weighted by Crippen LogP contribution is 2.32. The molecule has 2 aromatic carbocycles. The van der Waals surface area contributed by atoms with Gasteiger partial charge in [-0.15, -0.1) is 0 Å². The van der Waals surface area contributed by atoms with Gasteiger partial charge in [0.05, 0.1) is 0 Å². The molecule has 2 heterocycles. The van der Waals surface area contributed by atoms with Crippen molar-refractivity contribution in [2.45, 2.75) is 45.1 Å². The van der Waals surface area contributed by atoms with E-state index in [1.165, 1.54) is 31.7 Å². The molecule has 2 amide bonds. The number of hydrogen-bond donors (Lipinski definition) is 1. The smallest absolute Gasteiger partial charge is 0.243 e. The Morgan fingerprint density at radius 1 is 1.00 bits per heavy atom. The number of carbonyl (C=O) groups excluding carboxylic acids is 2. The lowest BCUT2D eigenvalue weighted by Crippen LogP contribution is -2.47. The Balaban J connectivity index is 1.17. The summed E-state index contributed by atoms with van der Waals surface area (Å²) in [6.07, 6.45) is 5.21. The van der Waals surface area contributed by atoms with Gasteiger partial charge in [-0.3, -0.25) is 14.5 Å². The van der Waals surface area contributed by atoms with Crippen molar-refractivity contribution in [3.05, 3.63) is 65.7 Å². The zero-order chi connectivity index (χ0) is 21.6. The summed E-state index contributed by atoms with van der Waals surface area (Å²) < 4.78 is 0. The van der Waals surface area contributed by atoms with Crippen LogP contribution >= 0.6 is 0 Å². The zero-order valence-electron chi connectivity index (χ0n) is 18.4. The number of para-hydroxylation sites is 1. The molecule has 2 aromatic rings. The van der Waals surface area contributed by atoms with E-state index in [1.54, 1.807) is 4.90 Å². The molecule has 0 spiro atoms. The fraction of sp³-hybridized carbons (Fsp3) is 0.462. The fourth-order valence-electron chi connectivity index (χ4n) is 4.98. The molecule has 0 aliphatic carbocycles. The summed E-state index contributed by atoms with van der Waals surface area (Å²) in [5.74, 6) is 0.649. The monoisotopic (exact) mass is 419 g/mol. The van der Waals surface area contributed by atoms with Crippen molar-refractivity contribution in [1.82, 2.24) is 10.2 Å². The van der Waals surface area contributed by atoms with Gasteiger partial charge in [-0.05, 0) is 68.4 Å². The lowest BCUT2D eigenvalue weighted by Gasteiger charge is -2.32. The van der Waals surface area contributed by atoms with Crippen molar-refractivity contribution in [3.63, 3.8) is 0 Å². The van der Waals surface area contributed by atoms with Gasteiger partial charge in [0.15, 0.2) is 0 Å². The highest BCUT2D eigenvalue weighted by molar-refractivity contribution is 6.02. The van der Waals surface area contributed by atoms with Gasteiger partial charge < -0.3 is 10.2 Å². The molecular weight excluding hydrogens is 386 g/mol. The van der Waals surface area contributed by atoms with Crippen LogP contribution in [0.4, 0.5) is 5.69 Å². The highest BCUT2D eigenvalue weighted by atomic mass is 16.2. The average molecular weight is 420 g/mol. The standard InChI is InChI=1S/C26H33N3O2/c1-20(30)29-24-11-6-5-10-23(24)19-25(29)26(31)27-14-7-15-28-16-12-22(13-17-28)18-21-8-3-2-4-9-21/h2-6,8-11,22,25H,7,12-19H2,1H3,(H,27,31)/t25-/m1/s1. The normalized spacial score (nSPS) is 19.3. The first-order valence-corrected chi connectivity index (χ1v) is 11.5. The topological polar surface area (TPSA) is 52.7 Å². The maximum absolute atomic E-state index is 12.8. The molecule has 0 aromatic heterocycles. The molecular formula is C26H33N3O2.